The second kappa shape index (κ2) is 5.20. The molecule has 23 heavy (non-hydrogen) atoms. The molecule has 1 aromatic heterocycles. The van der Waals surface area contributed by atoms with Gasteiger partial charge < -0.3 is 4.42 Å². The van der Waals surface area contributed by atoms with Crippen molar-refractivity contribution in [2.75, 3.05) is 0 Å². The lowest BCUT2D eigenvalue weighted by Gasteiger charge is -2.21. The maximum atomic E-state index is 12.2. The lowest BCUT2D eigenvalue weighted by atomic mass is 10.2. The maximum absolute atomic E-state index is 12.2. The Labute approximate surface area is 142 Å². The summed E-state index contributed by atoms with van der Waals surface area (Å²) in [7, 11) is 0. The highest BCUT2D eigenvalue weighted by Gasteiger charge is 2.36. The molecule has 1 atom stereocenters. The Balaban J connectivity index is 1.82. The largest absolute Gasteiger partial charge is 0.422 e. The molecule has 2 aromatic rings. The van der Waals surface area contributed by atoms with Crippen LogP contribution in [-0.4, -0.2) is 27.2 Å². The van der Waals surface area contributed by atoms with Crippen LogP contribution in [0.1, 0.15) is 12.5 Å². The summed E-state index contributed by atoms with van der Waals surface area (Å²) in [5.41, 5.74) is 3.02. The fourth-order valence-electron chi connectivity index (χ4n) is 2.24. The molecule has 0 fully saturated rings. The number of hydrogen-bond donors (Lipinski definition) is 1. The highest BCUT2D eigenvalue weighted by Crippen LogP contribution is 2.28. The third kappa shape index (κ3) is 2.36. The number of thioether (sulfide) groups is 1. The Morgan fingerprint density at radius 3 is 3.00 bits per heavy atom. The highest BCUT2D eigenvalue weighted by atomic mass is 79.9. The molecule has 4 rings (SSSR count). The first-order chi connectivity index (χ1) is 11.0. The van der Waals surface area contributed by atoms with Gasteiger partial charge in [0.1, 0.15) is 16.7 Å². The van der Waals surface area contributed by atoms with Gasteiger partial charge in [-0.1, -0.05) is 15.9 Å². The minimum absolute atomic E-state index is 0.217. The molecule has 7 nitrogen and oxygen atoms in total. The van der Waals surface area contributed by atoms with Crippen LogP contribution < -0.4 is 11.1 Å². The van der Waals surface area contributed by atoms with Gasteiger partial charge in [-0.25, -0.2) is 4.79 Å². The normalized spacial score (nSPS) is 20.2. The summed E-state index contributed by atoms with van der Waals surface area (Å²) in [6.45, 7) is 1.70. The van der Waals surface area contributed by atoms with Gasteiger partial charge in [0.25, 0.3) is 5.91 Å². The Hall–Kier alpha value is -2.13. The lowest BCUT2D eigenvalue weighted by molar-refractivity contribution is -0.129. The predicted octanol–water partition coefficient (Wildman–Crippen LogP) is 2.06. The van der Waals surface area contributed by atoms with E-state index in [1.54, 1.807) is 25.1 Å². The van der Waals surface area contributed by atoms with E-state index in [0.29, 0.717) is 21.4 Å². The minimum atomic E-state index is -0.500. The molecule has 0 saturated carbocycles. The number of nitrogens with one attached hydrogen (secondary N) is 1. The third-order valence-corrected chi connectivity index (χ3v) is 4.85. The predicted molar refractivity (Wildman–Crippen MR) is 91.2 cm³/mol. The molecule has 1 aromatic carbocycles. The Morgan fingerprint density at radius 2 is 2.17 bits per heavy atom. The van der Waals surface area contributed by atoms with Crippen molar-refractivity contribution in [3.8, 4) is 0 Å². The number of nitrogens with zero attached hydrogens (tertiary/aromatic N) is 3. The zero-order valence-corrected chi connectivity index (χ0v) is 14.1. The van der Waals surface area contributed by atoms with E-state index in [2.05, 4.69) is 31.6 Å². The monoisotopic (exact) mass is 392 g/mol. The Bertz CT molecular complexity index is 968. The standard InChI is InChI=1S/C14H9BrN4O3S/c1-6-12(20)19-14(17-16-6)23-11(18-19)9-5-7-4-8(15)2-3-10(7)22-13(9)21/h2-6,16H,1H3. The Morgan fingerprint density at radius 1 is 1.35 bits per heavy atom. The fraction of sp³-hybridized carbons (Fsp3) is 0.143. The summed E-state index contributed by atoms with van der Waals surface area (Å²) in [6, 6.07) is 6.62. The molecular formula is C14H9BrN4O3S. The SMILES string of the molecule is CC1NN=C2SC(c3cc4cc(Br)ccc4oc3=O)=NN2C1=O. The van der Waals surface area contributed by atoms with Gasteiger partial charge in [-0.15, -0.1) is 0 Å². The zero-order valence-electron chi connectivity index (χ0n) is 11.7. The van der Waals surface area contributed by atoms with Crippen molar-refractivity contribution in [1.82, 2.24) is 10.4 Å². The van der Waals surface area contributed by atoms with Crippen LogP contribution in [0.15, 0.2) is 48.2 Å². The van der Waals surface area contributed by atoms with Crippen LogP contribution in [0.4, 0.5) is 0 Å². The molecule has 1 amide bonds. The summed E-state index contributed by atoms with van der Waals surface area (Å²) in [6.07, 6.45) is 0. The molecule has 1 N–H and O–H groups in total. The Kier molecular flexibility index (Phi) is 3.27. The quantitative estimate of drug-likeness (QED) is 0.750. The summed E-state index contributed by atoms with van der Waals surface area (Å²) < 4.78 is 6.21. The molecule has 2 aliphatic rings. The molecule has 1 unspecified atom stereocenters. The molecule has 0 radical (unpaired) electrons. The molecule has 116 valence electrons. The third-order valence-electron chi connectivity index (χ3n) is 3.42. The molecule has 2 aliphatic heterocycles. The number of rotatable bonds is 1. The number of amides is 1. The van der Waals surface area contributed by atoms with Crippen molar-refractivity contribution in [3.05, 3.63) is 44.7 Å². The molecule has 0 saturated heterocycles. The van der Waals surface area contributed by atoms with E-state index in [4.69, 9.17) is 4.42 Å². The van der Waals surface area contributed by atoms with E-state index >= 15 is 0 Å². The van der Waals surface area contributed by atoms with Crippen LogP contribution in [0, 0.1) is 0 Å². The van der Waals surface area contributed by atoms with E-state index in [1.807, 2.05) is 6.07 Å². The average molecular weight is 393 g/mol. The zero-order chi connectivity index (χ0) is 16.1. The van der Waals surface area contributed by atoms with Gasteiger partial charge in [-0.2, -0.15) is 15.2 Å². The summed E-state index contributed by atoms with van der Waals surface area (Å²) in [4.78, 5) is 24.3. The van der Waals surface area contributed by atoms with Gasteiger partial charge in [0.05, 0.1) is 5.56 Å². The maximum Gasteiger partial charge on any atom is 0.346 e. The molecular weight excluding hydrogens is 384 g/mol. The van der Waals surface area contributed by atoms with Crippen molar-refractivity contribution in [2.45, 2.75) is 13.0 Å². The number of carbonyl (C=O) groups excluding carboxylic acids is 1. The molecule has 3 heterocycles. The van der Waals surface area contributed by atoms with E-state index in [1.165, 1.54) is 5.01 Å². The van der Waals surface area contributed by atoms with Gasteiger partial charge in [0, 0.05) is 9.86 Å². The number of amidine groups is 1. The fourth-order valence-corrected chi connectivity index (χ4v) is 3.48. The van der Waals surface area contributed by atoms with E-state index < -0.39 is 11.7 Å². The first-order valence-corrected chi connectivity index (χ1v) is 8.31. The van der Waals surface area contributed by atoms with Gasteiger partial charge >= 0.3 is 5.63 Å². The summed E-state index contributed by atoms with van der Waals surface area (Å²) in [5.74, 6) is -0.217. The van der Waals surface area contributed by atoms with Crippen molar-refractivity contribution in [3.63, 3.8) is 0 Å². The van der Waals surface area contributed by atoms with Crippen LogP contribution in [0.2, 0.25) is 0 Å². The van der Waals surface area contributed by atoms with Crippen LogP contribution in [0.25, 0.3) is 11.0 Å². The molecule has 0 bridgehead atoms. The van der Waals surface area contributed by atoms with E-state index in [9.17, 15) is 9.59 Å². The number of hydrogen-bond acceptors (Lipinski definition) is 7. The number of carbonyl (C=O) groups is 1. The molecule has 0 aliphatic carbocycles. The second-order valence-electron chi connectivity index (χ2n) is 5.03. The van der Waals surface area contributed by atoms with E-state index in [0.717, 1.165) is 21.6 Å². The van der Waals surface area contributed by atoms with Gasteiger partial charge in [-0.05, 0) is 43.0 Å². The van der Waals surface area contributed by atoms with Crippen molar-refractivity contribution >= 4 is 54.8 Å². The number of halogens is 1. The average Bonchev–Trinajstić information content (AvgIpc) is 2.95. The molecule has 9 heteroatoms. The smallest absolute Gasteiger partial charge is 0.346 e. The number of hydrazone groups is 2. The van der Waals surface area contributed by atoms with Gasteiger partial charge in [0.15, 0.2) is 0 Å². The molecule has 0 spiro atoms. The van der Waals surface area contributed by atoms with Crippen LogP contribution in [0.3, 0.4) is 0 Å². The van der Waals surface area contributed by atoms with Crippen LogP contribution >= 0.6 is 27.7 Å². The second-order valence-corrected chi connectivity index (χ2v) is 6.90. The first-order valence-electron chi connectivity index (χ1n) is 6.70. The topological polar surface area (TPSA) is 87.3 Å². The lowest BCUT2D eigenvalue weighted by Crippen LogP contribution is -2.46. The van der Waals surface area contributed by atoms with Gasteiger partial charge in [-0.3, -0.25) is 10.2 Å². The van der Waals surface area contributed by atoms with Crippen molar-refractivity contribution in [1.29, 1.82) is 0 Å². The highest BCUT2D eigenvalue weighted by molar-refractivity contribution is 9.10. The minimum Gasteiger partial charge on any atom is -0.422 e. The summed E-state index contributed by atoms with van der Waals surface area (Å²) in [5, 5.41) is 11.1. The summed E-state index contributed by atoms with van der Waals surface area (Å²) >= 11 is 4.54. The van der Waals surface area contributed by atoms with E-state index in [-0.39, 0.29) is 5.91 Å². The number of fused-ring (bicyclic) bond motifs is 2. The number of benzene rings is 1. The first kappa shape index (κ1) is 14.5. The van der Waals surface area contributed by atoms with Gasteiger partial charge in [0.2, 0.25) is 5.17 Å². The van der Waals surface area contributed by atoms with Crippen molar-refractivity contribution < 1.29 is 9.21 Å². The van der Waals surface area contributed by atoms with Crippen molar-refractivity contribution in [2.24, 2.45) is 10.2 Å². The van der Waals surface area contributed by atoms with Crippen LogP contribution in [0.5, 0.6) is 0 Å². The van der Waals surface area contributed by atoms with Crippen LogP contribution in [-0.2, 0) is 4.79 Å².